The van der Waals surface area contributed by atoms with Crippen molar-refractivity contribution in [1.82, 2.24) is 20.8 Å². The highest BCUT2D eigenvalue weighted by molar-refractivity contribution is 5.79. The summed E-state index contributed by atoms with van der Waals surface area (Å²) in [6.07, 6.45) is 5.00. The molecule has 0 aliphatic heterocycles. The lowest BCUT2D eigenvalue weighted by molar-refractivity contribution is 0.329. The number of nitrogens with zero attached hydrogens (tertiary/aromatic N) is 3. The summed E-state index contributed by atoms with van der Waals surface area (Å²) in [4.78, 5) is 8.38. The van der Waals surface area contributed by atoms with Crippen molar-refractivity contribution in [1.29, 1.82) is 0 Å². The summed E-state index contributed by atoms with van der Waals surface area (Å²) in [5, 5.41) is 10.5. The molecule has 1 aromatic rings. The average Bonchev–Trinajstić information content (AvgIpc) is 2.82. The molecule has 0 bridgehead atoms. The molecule has 2 N–H and O–H groups in total. The standard InChI is InChI=1S/C13H23N5O/c1-9-4-6-11(7-5-9)17-13(14-3)15-8-12-16-10(2)19-18-12/h9,11H,4-8H2,1-3H3,(H2,14,15,17). The van der Waals surface area contributed by atoms with Crippen molar-refractivity contribution in [3.8, 4) is 0 Å². The Hall–Kier alpha value is -1.59. The second-order valence-electron chi connectivity index (χ2n) is 5.26. The Labute approximate surface area is 114 Å². The molecule has 1 heterocycles. The van der Waals surface area contributed by atoms with Crippen LogP contribution in [0, 0.1) is 12.8 Å². The molecule has 0 spiro atoms. The fourth-order valence-electron chi connectivity index (χ4n) is 2.37. The molecule has 19 heavy (non-hydrogen) atoms. The molecule has 6 nitrogen and oxygen atoms in total. The monoisotopic (exact) mass is 265 g/mol. The maximum atomic E-state index is 4.93. The van der Waals surface area contributed by atoms with Crippen LogP contribution in [0.2, 0.25) is 0 Å². The van der Waals surface area contributed by atoms with E-state index in [2.05, 4.69) is 32.7 Å². The van der Waals surface area contributed by atoms with Crippen LogP contribution in [0.1, 0.15) is 44.3 Å². The van der Waals surface area contributed by atoms with Gasteiger partial charge in [0.25, 0.3) is 0 Å². The molecule has 0 atom stereocenters. The fourth-order valence-corrected chi connectivity index (χ4v) is 2.37. The quantitative estimate of drug-likeness (QED) is 0.641. The summed E-state index contributed by atoms with van der Waals surface area (Å²) >= 11 is 0. The van der Waals surface area contributed by atoms with Crippen LogP contribution in [-0.4, -0.2) is 29.2 Å². The Kier molecular flexibility index (Phi) is 4.76. The summed E-state index contributed by atoms with van der Waals surface area (Å²) in [6, 6.07) is 0.523. The molecule has 106 valence electrons. The van der Waals surface area contributed by atoms with Gasteiger partial charge in [-0.1, -0.05) is 12.1 Å². The molecular formula is C13H23N5O. The van der Waals surface area contributed by atoms with E-state index in [1.807, 2.05) is 0 Å². The zero-order valence-electron chi connectivity index (χ0n) is 11.9. The Bertz CT molecular complexity index is 420. The number of aromatic nitrogens is 2. The Morgan fingerprint density at radius 2 is 2.11 bits per heavy atom. The van der Waals surface area contributed by atoms with Gasteiger partial charge in [-0.2, -0.15) is 4.98 Å². The van der Waals surface area contributed by atoms with Crippen LogP contribution in [0.4, 0.5) is 0 Å². The Morgan fingerprint density at radius 1 is 1.37 bits per heavy atom. The van der Waals surface area contributed by atoms with E-state index in [-0.39, 0.29) is 0 Å². The highest BCUT2D eigenvalue weighted by Gasteiger charge is 2.18. The van der Waals surface area contributed by atoms with Crippen molar-refractivity contribution in [2.75, 3.05) is 7.05 Å². The predicted molar refractivity (Wildman–Crippen MR) is 73.8 cm³/mol. The summed E-state index contributed by atoms with van der Waals surface area (Å²) < 4.78 is 4.93. The van der Waals surface area contributed by atoms with Crippen molar-refractivity contribution in [2.24, 2.45) is 10.9 Å². The summed E-state index contributed by atoms with van der Waals surface area (Å²) in [5.41, 5.74) is 0. The largest absolute Gasteiger partial charge is 0.354 e. The molecule has 1 aliphatic rings. The number of nitrogens with one attached hydrogen (secondary N) is 2. The van der Waals surface area contributed by atoms with Crippen LogP contribution in [0.25, 0.3) is 0 Å². The number of guanidine groups is 1. The van der Waals surface area contributed by atoms with Gasteiger partial charge < -0.3 is 15.2 Å². The number of aliphatic imine (C=N–C) groups is 1. The molecule has 2 rings (SSSR count). The second-order valence-corrected chi connectivity index (χ2v) is 5.26. The minimum atomic E-state index is 0.523. The first-order chi connectivity index (χ1) is 9.17. The number of hydrogen-bond acceptors (Lipinski definition) is 4. The predicted octanol–water partition coefficient (Wildman–Crippen LogP) is 1.62. The fraction of sp³-hybridized carbons (Fsp3) is 0.769. The summed E-state index contributed by atoms with van der Waals surface area (Å²) in [6.45, 7) is 4.63. The van der Waals surface area contributed by atoms with E-state index in [0.717, 1.165) is 11.9 Å². The number of aryl methyl sites for hydroxylation is 1. The number of rotatable bonds is 3. The SMILES string of the molecule is CN=C(NCc1noc(C)n1)NC1CCC(C)CC1. The van der Waals surface area contributed by atoms with Crippen LogP contribution >= 0.6 is 0 Å². The van der Waals surface area contributed by atoms with Crippen LogP contribution in [0.5, 0.6) is 0 Å². The second kappa shape index (κ2) is 6.54. The molecule has 1 fully saturated rings. The van der Waals surface area contributed by atoms with E-state index in [4.69, 9.17) is 4.52 Å². The van der Waals surface area contributed by atoms with Crippen molar-refractivity contribution in [3.05, 3.63) is 11.7 Å². The van der Waals surface area contributed by atoms with Gasteiger partial charge >= 0.3 is 0 Å². The molecular weight excluding hydrogens is 242 g/mol. The van der Waals surface area contributed by atoms with Crippen molar-refractivity contribution in [3.63, 3.8) is 0 Å². The van der Waals surface area contributed by atoms with E-state index in [1.54, 1.807) is 14.0 Å². The molecule has 0 amide bonds. The van der Waals surface area contributed by atoms with Gasteiger partial charge in [-0.05, 0) is 31.6 Å². The van der Waals surface area contributed by atoms with Gasteiger partial charge in [0, 0.05) is 20.0 Å². The first kappa shape index (κ1) is 13.8. The first-order valence-electron chi connectivity index (χ1n) is 6.93. The van der Waals surface area contributed by atoms with E-state index < -0.39 is 0 Å². The van der Waals surface area contributed by atoms with E-state index in [0.29, 0.717) is 24.3 Å². The maximum absolute atomic E-state index is 4.93. The van der Waals surface area contributed by atoms with Gasteiger partial charge in [0.15, 0.2) is 11.8 Å². The van der Waals surface area contributed by atoms with E-state index in [9.17, 15) is 0 Å². The summed E-state index contributed by atoms with van der Waals surface area (Å²) in [5.74, 6) is 2.90. The van der Waals surface area contributed by atoms with Gasteiger partial charge in [0.1, 0.15) is 0 Å². The zero-order valence-corrected chi connectivity index (χ0v) is 11.9. The highest BCUT2D eigenvalue weighted by atomic mass is 16.5. The lowest BCUT2D eigenvalue weighted by Gasteiger charge is -2.28. The smallest absolute Gasteiger partial charge is 0.223 e. The van der Waals surface area contributed by atoms with Gasteiger partial charge in [-0.15, -0.1) is 0 Å². The topological polar surface area (TPSA) is 75.3 Å². The third-order valence-corrected chi connectivity index (χ3v) is 3.56. The van der Waals surface area contributed by atoms with Gasteiger partial charge in [-0.3, -0.25) is 4.99 Å². The molecule has 1 aromatic heterocycles. The normalized spacial score (nSPS) is 24.3. The molecule has 0 radical (unpaired) electrons. The lowest BCUT2D eigenvalue weighted by atomic mass is 9.87. The van der Waals surface area contributed by atoms with Gasteiger partial charge in [0.2, 0.25) is 5.89 Å². The van der Waals surface area contributed by atoms with Crippen LogP contribution < -0.4 is 10.6 Å². The van der Waals surface area contributed by atoms with Crippen molar-refractivity contribution in [2.45, 2.75) is 52.1 Å². The van der Waals surface area contributed by atoms with Crippen LogP contribution in [0.3, 0.4) is 0 Å². The van der Waals surface area contributed by atoms with Crippen LogP contribution in [0.15, 0.2) is 9.52 Å². The maximum Gasteiger partial charge on any atom is 0.223 e. The minimum Gasteiger partial charge on any atom is -0.354 e. The Morgan fingerprint density at radius 3 is 2.68 bits per heavy atom. The molecule has 0 unspecified atom stereocenters. The Balaban J connectivity index is 1.77. The molecule has 6 heteroatoms. The average molecular weight is 265 g/mol. The molecule has 0 aromatic carbocycles. The minimum absolute atomic E-state index is 0.523. The number of hydrogen-bond donors (Lipinski definition) is 2. The molecule has 1 aliphatic carbocycles. The van der Waals surface area contributed by atoms with Gasteiger partial charge in [-0.25, -0.2) is 0 Å². The third kappa shape index (κ3) is 4.22. The van der Waals surface area contributed by atoms with Crippen molar-refractivity contribution < 1.29 is 4.52 Å². The molecule has 0 saturated heterocycles. The summed E-state index contributed by atoms with van der Waals surface area (Å²) in [7, 11) is 1.78. The van der Waals surface area contributed by atoms with E-state index >= 15 is 0 Å². The molecule has 1 saturated carbocycles. The van der Waals surface area contributed by atoms with Crippen LogP contribution in [-0.2, 0) is 6.54 Å². The zero-order chi connectivity index (χ0) is 13.7. The van der Waals surface area contributed by atoms with Crippen molar-refractivity contribution >= 4 is 5.96 Å². The highest BCUT2D eigenvalue weighted by Crippen LogP contribution is 2.23. The third-order valence-electron chi connectivity index (χ3n) is 3.56. The lowest BCUT2D eigenvalue weighted by Crippen LogP contribution is -2.44. The van der Waals surface area contributed by atoms with E-state index in [1.165, 1.54) is 25.7 Å². The van der Waals surface area contributed by atoms with Gasteiger partial charge in [0.05, 0.1) is 6.54 Å². The first-order valence-corrected chi connectivity index (χ1v) is 6.93.